The van der Waals surface area contributed by atoms with Crippen LogP contribution in [0.1, 0.15) is 20.3 Å². The number of aliphatic imine (C=N–C) groups is 1. The highest BCUT2D eigenvalue weighted by atomic mass is 14.9. The number of nitrogen functional groups attached to an aromatic ring is 1. The van der Waals surface area contributed by atoms with Gasteiger partial charge in [-0.1, -0.05) is 36.4 Å². The Morgan fingerprint density at radius 1 is 1.30 bits per heavy atom. The monoisotopic (exact) mass is 269 g/mol. The Morgan fingerprint density at radius 3 is 2.85 bits per heavy atom. The highest BCUT2D eigenvalue weighted by Crippen LogP contribution is 2.15. The van der Waals surface area contributed by atoms with Gasteiger partial charge in [-0.2, -0.15) is 0 Å². The second-order valence-corrected chi connectivity index (χ2v) is 4.38. The van der Waals surface area contributed by atoms with Crippen molar-refractivity contribution in [1.82, 2.24) is 0 Å². The molecule has 0 aliphatic rings. The van der Waals surface area contributed by atoms with Crippen molar-refractivity contribution >= 4 is 17.6 Å². The number of benzene rings is 1. The summed E-state index contributed by atoms with van der Waals surface area (Å²) in [4.78, 5) is 4.26. The van der Waals surface area contributed by atoms with Gasteiger partial charge in [-0.3, -0.25) is 4.99 Å². The molecule has 0 atom stereocenters. The topological polar surface area (TPSA) is 50.4 Å². The van der Waals surface area contributed by atoms with Crippen LogP contribution in [0.15, 0.2) is 65.3 Å². The van der Waals surface area contributed by atoms with Gasteiger partial charge in [0.2, 0.25) is 0 Å². The number of para-hydroxylation sites is 2. The minimum Gasteiger partial charge on any atom is -0.397 e. The summed E-state index contributed by atoms with van der Waals surface area (Å²) in [5.41, 5.74) is 8.64. The summed E-state index contributed by atoms with van der Waals surface area (Å²) in [6, 6.07) is 7.70. The van der Waals surface area contributed by atoms with Crippen molar-refractivity contribution < 1.29 is 0 Å². The molecule has 0 bridgehead atoms. The summed E-state index contributed by atoms with van der Waals surface area (Å²) >= 11 is 0. The lowest BCUT2D eigenvalue weighted by Crippen LogP contribution is -2.04. The highest BCUT2D eigenvalue weighted by Gasteiger charge is 1.93. The molecule has 20 heavy (non-hydrogen) atoms. The van der Waals surface area contributed by atoms with Gasteiger partial charge in [-0.25, -0.2) is 0 Å². The van der Waals surface area contributed by atoms with E-state index >= 15 is 0 Å². The number of anilines is 2. The summed E-state index contributed by atoms with van der Waals surface area (Å²) in [5, 5.41) is 3.22. The number of nitrogens with one attached hydrogen (secondary N) is 1. The molecule has 0 fully saturated rings. The van der Waals surface area contributed by atoms with E-state index in [0.717, 1.165) is 23.4 Å². The zero-order chi connectivity index (χ0) is 14.6. The van der Waals surface area contributed by atoms with Crippen molar-refractivity contribution in [2.24, 2.45) is 4.99 Å². The number of nitrogens with zero attached hydrogens (tertiary/aromatic N) is 1. The lowest BCUT2D eigenvalue weighted by molar-refractivity contribution is 1.34. The molecule has 3 nitrogen and oxygen atoms in total. The zero-order valence-corrected chi connectivity index (χ0v) is 12.2. The third-order valence-corrected chi connectivity index (χ3v) is 2.62. The van der Waals surface area contributed by atoms with E-state index in [0.29, 0.717) is 6.54 Å². The van der Waals surface area contributed by atoms with Crippen molar-refractivity contribution in [3.8, 4) is 0 Å². The van der Waals surface area contributed by atoms with E-state index in [-0.39, 0.29) is 0 Å². The first-order chi connectivity index (χ1) is 9.74. The van der Waals surface area contributed by atoms with Crippen LogP contribution < -0.4 is 11.1 Å². The molecular formula is C17H23N3. The number of hydrogen-bond donors (Lipinski definition) is 2. The Balaban J connectivity index is 2.34. The molecule has 0 radical (unpaired) electrons. The normalized spacial score (nSPS) is 12.8. The number of allylic oxidation sites excluding steroid dienone is 5. The Kier molecular flexibility index (Phi) is 7.58. The van der Waals surface area contributed by atoms with Crippen molar-refractivity contribution in [2.45, 2.75) is 20.3 Å². The third kappa shape index (κ3) is 6.59. The van der Waals surface area contributed by atoms with Gasteiger partial charge in [-0.15, -0.1) is 0 Å². The number of hydrogen-bond acceptors (Lipinski definition) is 3. The van der Waals surface area contributed by atoms with E-state index < -0.39 is 0 Å². The molecule has 1 aromatic carbocycles. The van der Waals surface area contributed by atoms with Crippen LogP contribution in [-0.2, 0) is 0 Å². The maximum absolute atomic E-state index is 5.83. The van der Waals surface area contributed by atoms with Gasteiger partial charge >= 0.3 is 0 Å². The molecule has 0 spiro atoms. The quantitative estimate of drug-likeness (QED) is 0.338. The fourth-order valence-electron chi connectivity index (χ4n) is 1.55. The van der Waals surface area contributed by atoms with Crippen LogP contribution in [0.3, 0.4) is 0 Å². The van der Waals surface area contributed by atoms with Gasteiger partial charge in [0.15, 0.2) is 0 Å². The van der Waals surface area contributed by atoms with E-state index in [2.05, 4.69) is 28.5 Å². The van der Waals surface area contributed by atoms with E-state index in [4.69, 9.17) is 5.73 Å². The van der Waals surface area contributed by atoms with Crippen LogP contribution in [0.4, 0.5) is 11.4 Å². The second kappa shape index (κ2) is 9.62. The van der Waals surface area contributed by atoms with E-state index in [1.165, 1.54) is 0 Å². The fourth-order valence-corrected chi connectivity index (χ4v) is 1.55. The zero-order valence-electron chi connectivity index (χ0n) is 12.2. The van der Waals surface area contributed by atoms with Crippen LogP contribution in [0.2, 0.25) is 0 Å². The standard InChI is InChI=1S/C17H23N3/c1-3-4-5-6-9-15(2)14-19-12-13-20-17-11-8-7-10-16(17)18/h3-4,6-12,14,20H,5,13,18H2,1-2H3/b4-3-,9-6?,15-14+,19-12?. The molecular weight excluding hydrogens is 246 g/mol. The summed E-state index contributed by atoms with van der Waals surface area (Å²) in [6.07, 6.45) is 13.0. The minimum atomic E-state index is 0.653. The molecule has 0 aliphatic carbocycles. The molecule has 0 saturated heterocycles. The van der Waals surface area contributed by atoms with E-state index in [1.54, 1.807) is 0 Å². The molecule has 106 valence electrons. The predicted octanol–water partition coefficient (Wildman–Crippen LogP) is 4.18. The smallest absolute Gasteiger partial charge is 0.0576 e. The van der Waals surface area contributed by atoms with Crippen LogP contribution in [-0.4, -0.2) is 12.8 Å². The molecule has 3 N–H and O–H groups in total. The van der Waals surface area contributed by atoms with Crippen LogP contribution in [0.5, 0.6) is 0 Å². The SMILES string of the molecule is C/C=C\CC=C/C(C)=C/N=CCNc1ccccc1N. The van der Waals surface area contributed by atoms with Crippen LogP contribution >= 0.6 is 0 Å². The van der Waals surface area contributed by atoms with E-state index in [1.807, 2.05) is 56.6 Å². The van der Waals surface area contributed by atoms with E-state index in [9.17, 15) is 0 Å². The first-order valence-electron chi connectivity index (χ1n) is 6.78. The maximum atomic E-state index is 5.83. The fraction of sp³-hybridized carbons (Fsp3) is 0.235. The molecule has 0 aromatic heterocycles. The Morgan fingerprint density at radius 2 is 2.10 bits per heavy atom. The Hall–Kier alpha value is -2.29. The first-order valence-corrected chi connectivity index (χ1v) is 6.78. The molecule has 0 heterocycles. The summed E-state index contributed by atoms with van der Waals surface area (Å²) in [5.74, 6) is 0. The molecule has 0 aliphatic heterocycles. The van der Waals surface area contributed by atoms with Gasteiger partial charge in [0, 0.05) is 12.4 Å². The van der Waals surface area contributed by atoms with Gasteiger partial charge < -0.3 is 11.1 Å². The maximum Gasteiger partial charge on any atom is 0.0576 e. The average Bonchev–Trinajstić information content (AvgIpc) is 2.45. The highest BCUT2D eigenvalue weighted by molar-refractivity contribution is 5.71. The van der Waals surface area contributed by atoms with Gasteiger partial charge in [-0.05, 0) is 38.0 Å². The predicted molar refractivity (Wildman–Crippen MR) is 90.2 cm³/mol. The molecule has 0 unspecified atom stereocenters. The molecule has 1 rings (SSSR count). The van der Waals surface area contributed by atoms with Crippen molar-refractivity contribution in [2.75, 3.05) is 17.6 Å². The average molecular weight is 269 g/mol. The van der Waals surface area contributed by atoms with Crippen molar-refractivity contribution in [3.05, 3.63) is 60.3 Å². The second-order valence-electron chi connectivity index (χ2n) is 4.38. The van der Waals surface area contributed by atoms with Crippen LogP contribution in [0.25, 0.3) is 0 Å². The third-order valence-electron chi connectivity index (χ3n) is 2.62. The Labute approximate surface area is 121 Å². The molecule has 0 saturated carbocycles. The van der Waals surface area contributed by atoms with Crippen LogP contribution in [0, 0.1) is 0 Å². The number of rotatable bonds is 7. The lowest BCUT2D eigenvalue weighted by Gasteiger charge is -2.05. The summed E-state index contributed by atoms with van der Waals surface area (Å²) < 4.78 is 0. The first kappa shape index (κ1) is 15.8. The molecule has 1 aromatic rings. The van der Waals surface area contributed by atoms with Gasteiger partial charge in [0.25, 0.3) is 0 Å². The lowest BCUT2D eigenvalue weighted by atomic mass is 10.2. The van der Waals surface area contributed by atoms with Gasteiger partial charge in [0.1, 0.15) is 0 Å². The molecule has 0 amide bonds. The number of nitrogens with two attached hydrogens (primary N) is 1. The largest absolute Gasteiger partial charge is 0.397 e. The van der Waals surface area contributed by atoms with Gasteiger partial charge in [0.05, 0.1) is 17.9 Å². The molecule has 3 heteroatoms. The Bertz CT molecular complexity index is 511. The van der Waals surface area contributed by atoms with Crippen molar-refractivity contribution in [3.63, 3.8) is 0 Å². The van der Waals surface area contributed by atoms with Crippen molar-refractivity contribution in [1.29, 1.82) is 0 Å². The summed E-state index contributed by atoms with van der Waals surface area (Å²) in [7, 11) is 0. The minimum absolute atomic E-state index is 0.653. The summed E-state index contributed by atoms with van der Waals surface area (Å²) in [6.45, 7) is 4.71.